The summed E-state index contributed by atoms with van der Waals surface area (Å²) in [5.74, 6) is -0.171. The monoisotopic (exact) mass is 238 g/mol. The molecule has 1 fully saturated rings. The zero-order valence-electron chi connectivity index (χ0n) is 10.2. The van der Waals surface area contributed by atoms with E-state index in [4.69, 9.17) is 4.74 Å². The van der Waals surface area contributed by atoms with Gasteiger partial charge in [-0.05, 0) is 24.7 Å². The normalized spacial score (nSPS) is 20.8. The smallest absolute Gasteiger partial charge is 0.123 e. The molecule has 1 aliphatic rings. The molecule has 0 saturated carbocycles. The first-order chi connectivity index (χ1) is 8.24. The van der Waals surface area contributed by atoms with Crippen molar-refractivity contribution in [1.29, 1.82) is 0 Å². The fraction of sp³-hybridized carbons (Fsp3) is 0.538. The number of rotatable bonds is 4. The predicted molar refractivity (Wildman–Crippen MR) is 65.3 cm³/mol. The number of likely N-dealkylation sites (N-methyl/N-ethyl adjacent to an activating group) is 1. The average molecular weight is 238 g/mol. The molecule has 1 heterocycles. The lowest BCUT2D eigenvalue weighted by molar-refractivity contribution is 0.0645. The highest BCUT2D eigenvalue weighted by Crippen LogP contribution is 2.07. The molecule has 1 aliphatic heterocycles. The molecule has 1 N–H and O–H groups in total. The molecule has 0 amide bonds. The van der Waals surface area contributed by atoms with Crippen LogP contribution in [-0.4, -0.2) is 44.3 Å². The zero-order valence-corrected chi connectivity index (χ0v) is 10.2. The van der Waals surface area contributed by atoms with Gasteiger partial charge in [-0.15, -0.1) is 0 Å². The summed E-state index contributed by atoms with van der Waals surface area (Å²) < 4.78 is 18.4. The molecule has 0 aliphatic carbocycles. The second kappa shape index (κ2) is 6.10. The molecule has 0 radical (unpaired) electrons. The van der Waals surface area contributed by atoms with Crippen LogP contribution in [-0.2, 0) is 11.3 Å². The zero-order chi connectivity index (χ0) is 12.1. The standard InChI is InChI=1S/C13H19FN2O/c1-16(9-13-10-17-6-5-15-13)8-11-3-2-4-12(14)7-11/h2-4,7,13,15H,5-6,8-10H2,1H3. The van der Waals surface area contributed by atoms with E-state index in [9.17, 15) is 4.39 Å². The fourth-order valence-electron chi connectivity index (χ4n) is 2.12. The molecular formula is C13H19FN2O. The molecule has 2 rings (SSSR count). The Labute approximate surface area is 102 Å². The minimum absolute atomic E-state index is 0.171. The summed E-state index contributed by atoms with van der Waals surface area (Å²) in [6.07, 6.45) is 0. The van der Waals surface area contributed by atoms with Crippen molar-refractivity contribution in [3.8, 4) is 0 Å². The summed E-state index contributed by atoms with van der Waals surface area (Å²) in [7, 11) is 2.04. The summed E-state index contributed by atoms with van der Waals surface area (Å²) in [6.45, 7) is 4.14. The van der Waals surface area contributed by atoms with E-state index in [0.717, 1.165) is 38.4 Å². The lowest BCUT2D eigenvalue weighted by Gasteiger charge is -2.28. The van der Waals surface area contributed by atoms with Crippen LogP contribution in [0.2, 0.25) is 0 Å². The Morgan fingerprint density at radius 3 is 3.12 bits per heavy atom. The van der Waals surface area contributed by atoms with E-state index in [1.54, 1.807) is 12.1 Å². The number of nitrogens with one attached hydrogen (secondary N) is 1. The van der Waals surface area contributed by atoms with Crippen LogP contribution in [0.5, 0.6) is 0 Å². The number of nitrogens with zero attached hydrogens (tertiary/aromatic N) is 1. The number of hydrogen-bond acceptors (Lipinski definition) is 3. The summed E-state index contributed by atoms with van der Waals surface area (Å²) in [6, 6.07) is 7.13. The van der Waals surface area contributed by atoms with E-state index in [0.29, 0.717) is 6.04 Å². The SMILES string of the molecule is CN(Cc1cccc(F)c1)CC1COCCN1. The molecule has 1 aromatic carbocycles. The predicted octanol–water partition coefficient (Wildman–Crippen LogP) is 1.25. The van der Waals surface area contributed by atoms with Crippen LogP contribution in [0.1, 0.15) is 5.56 Å². The summed E-state index contributed by atoms with van der Waals surface area (Å²) in [5, 5.41) is 3.41. The molecule has 1 aromatic rings. The van der Waals surface area contributed by atoms with Gasteiger partial charge >= 0.3 is 0 Å². The Bertz CT molecular complexity index is 353. The maximum Gasteiger partial charge on any atom is 0.123 e. The third kappa shape index (κ3) is 4.07. The molecule has 94 valence electrons. The fourth-order valence-corrected chi connectivity index (χ4v) is 2.12. The average Bonchev–Trinajstić information content (AvgIpc) is 2.30. The maximum absolute atomic E-state index is 13.0. The second-order valence-corrected chi connectivity index (χ2v) is 4.55. The van der Waals surface area contributed by atoms with Crippen LogP contribution >= 0.6 is 0 Å². The Morgan fingerprint density at radius 1 is 1.53 bits per heavy atom. The van der Waals surface area contributed by atoms with Crippen molar-refractivity contribution in [1.82, 2.24) is 10.2 Å². The van der Waals surface area contributed by atoms with Gasteiger partial charge in [-0.2, -0.15) is 0 Å². The molecule has 1 unspecified atom stereocenters. The van der Waals surface area contributed by atoms with Crippen LogP contribution in [0, 0.1) is 5.82 Å². The summed E-state index contributed by atoms with van der Waals surface area (Å²) >= 11 is 0. The molecule has 0 aromatic heterocycles. The van der Waals surface area contributed by atoms with Gasteiger partial charge in [0.15, 0.2) is 0 Å². The van der Waals surface area contributed by atoms with Crippen molar-refractivity contribution in [3.63, 3.8) is 0 Å². The lowest BCUT2D eigenvalue weighted by Crippen LogP contribution is -2.47. The van der Waals surface area contributed by atoms with Gasteiger partial charge in [0.2, 0.25) is 0 Å². The maximum atomic E-state index is 13.0. The van der Waals surface area contributed by atoms with E-state index < -0.39 is 0 Å². The third-order valence-corrected chi connectivity index (χ3v) is 2.87. The highest BCUT2D eigenvalue weighted by Gasteiger charge is 2.14. The van der Waals surface area contributed by atoms with E-state index >= 15 is 0 Å². The first kappa shape index (κ1) is 12.5. The van der Waals surface area contributed by atoms with Crippen molar-refractivity contribution in [3.05, 3.63) is 35.6 Å². The van der Waals surface area contributed by atoms with Crippen LogP contribution in [0.3, 0.4) is 0 Å². The first-order valence-corrected chi connectivity index (χ1v) is 5.98. The lowest BCUT2D eigenvalue weighted by atomic mass is 10.2. The molecule has 17 heavy (non-hydrogen) atoms. The number of hydrogen-bond donors (Lipinski definition) is 1. The van der Waals surface area contributed by atoms with Gasteiger partial charge < -0.3 is 15.0 Å². The minimum Gasteiger partial charge on any atom is -0.378 e. The van der Waals surface area contributed by atoms with Gasteiger partial charge in [0.25, 0.3) is 0 Å². The van der Waals surface area contributed by atoms with Crippen molar-refractivity contribution >= 4 is 0 Å². The number of ether oxygens (including phenoxy) is 1. The Kier molecular flexibility index (Phi) is 4.48. The van der Waals surface area contributed by atoms with Gasteiger partial charge in [0.05, 0.1) is 13.2 Å². The van der Waals surface area contributed by atoms with Gasteiger partial charge in [-0.1, -0.05) is 12.1 Å². The quantitative estimate of drug-likeness (QED) is 0.854. The first-order valence-electron chi connectivity index (χ1n) is 5.98. The van der Waals surface area contributed by atoms with Crippen molar-refractivity contribution in [2.45, 2.75) is 12.6 Å². The molecule has 0 spiro atoms. The van der Waals surface area contributed by atoms with E-state index in [1.807, 2.05) is 13.1 Å². The van der Waals surface area contributed by atoms with Crippen molar-refractivity contribution < 1.29 is 9.13 Å². The van der Waals surface area contributed by atoms with Crippen LogP contribution < -0.4 is 5.32 Å². The van der Waals surface area contributed by atoms with Gasteiger partial charge in [-0.3, -0.25) is 0 Å². The van der Waals surface area contributed by atoms with Gasteiger partial charge in [-0.25, -0.2) is 4.39 Å². The third-order valence-electron chi connectivity index (χ3n) is 2.87. The molecule has 1 atom stereocenters. The highest BCUT2D eigenvalue weighted by molar-refractivity contribution is 5.16. The van der Waals surface area contributed by atoms with E-state index in [-0.39, 0.29) is 5.82 Å². The molecule has 3 nitrogen and oxygen atoms in total. The minimum atomic E-state index is -0.171. The molecular weight excluding hydrogens is 219 g/mol. The molecule has 4 heteroatoms. The van der Waals surface area contributed by atoms with Crippen molar-refractivity contribution in [2.24, 2.45) is 0 Å². The van der Waals surface area contributed by atoms with Gasteiger partial charge in [0, 0.05) is 25.7 Å². The summed E-state index contributed by atoms with van der Waals surface area (Å²) in [5.41, 5.74) is 1.00. The molecule has 1 saturated heterocycles. The largest absolute Gasteiger partial charge is 0.378 e. The Morgan fingerprint density at radius 2 is 2.41 bits per heavy atom. The van der Waals surface area contributed by atoms with Gasteiger partial charge in [0.1, 0.15) is 5.82 Å². The Balaban J connectivity index is 1.82. The number of benzene rings is 1. The molecule has 0 bridgehead atoms. The van der Waals surface area contributed by atoms with Crippen LogP contribution in [0.4, 0.5) is 4.39 Å². The van der Waals surface area contributed by atoms with Crippen LogP contribution in [0.25, 0.3) is 0 Å². The number of halogens is 1. The summed E-state index contributed by atoms with van der Waals surface area (Å²) in [4.78, 5) is 2.18. The van der Waals surface area contributed by atoms with Crippen LogP contribution in [0.15, 0.2) is 24.3 Å². The van der Waals surface area contributed by atoms with E-state index in [1.165, 1.54) is 6.07 Å². The number of morpholine rings is 1. The second-order valence-electron chi connectivity index (χ2n) is 4.55. The van der Waals surface area contributed by atoms with E-state index in [2.05, 4.69) is 10.2 Å². The Hall–Kier alpha value is -0.970. The van der Waals surface area contributed by atoms with Crippen molar-refractivity contribution in [2.75, 3.05) is 33.4 Å². The highest BCUT2D eigenvalue weighted by atomic mass is 19.1. The topological polar surface area (TPSA) is 24.5 Å².